The molecular formula is C16H23N3OS. The Morgan fingerprint density at radius 2 is 2.14 bits per heavy atom. The van der Waals surface area contributed by atoms with Crippen LogP contribution in [0, 0.1) is 20.8 Å². The van der Waals surface area contributed by atoms with Gasteiger partial charge in [-0.2, -0.15) is 0 Å². The van der Waals surface area contributed by atoms with Crippen molar-refractivity contribution >= 4 is 17.2 Å². The minimum atomic E-state index is 0.00271. The zero-order valence-corrected chi connectivity index (χ0v) is 14.2. The molecule has 0 spiro atoms. The van der Waals surface area contributed by atoms with E-state index in [4.69, 9.17) is 0 Å². The third-order valence-corrected chi connectivity index (χ3v) is 4.96. The molecule has 2 heterocycles. The number of rotatable bonds is 5. The number of aryl methyl sites for hydroxylation is 2. The first-order valence-corrected chi connectivity index (χ1v) is 8.19. The smallest absolute Gasteiger partial charge is 0.253 e. The molecule has 4 nitrogen and oxygen atoms in total. The van der Waals surface area contributed by atoms with Crippen LogP contribution in [0.5, 0.6) is 0 Å². The lowest BCUT2D eigenvalue weighted by atomic mass is 10.1. The number of nitrogens with one attached hydrogen (secondary N) is 1. The molecule has 21 heavy (non-hydrogen) atoms. The highest BCUT2D eigenvalue weighted by Crippen LogP contribution is 2.19. The topological polar surface area (TPSA) is 46.9 Å². The van der Waals surface area contributed by atoms with Crippen LogP contribution in [0.4, 0.5) is 0 Å². The quantitative estimate of drug-likeness (QED) is 0.920. The summed E-state index contributed by atoms with van der Waals surface area (Å²) in [6.45, 7) is 11.7. The molecule has 114 valence electrons. The molecule has 0 saturated heterocycles. The van der Waals surface area contributed by atoms with E-state index in [0.29, 0.717) is 6.54 Å². The fourth-order valence-corrected chi connectivity index (χ4v) is 3.40. The molecule has 0 bridgehead atoms. The molecule has 1 unspecified atom stereocenters. The molecule has 1 amide bonds. The van der Waals surface area contributed by atoms with Crippen molar-refractivity contribution in [2.75, 3.05) is 6.54 Å². The zero-order chi connectivity index (χ0) is 15.6. The van der Waals surface area contributed by atoms with Crippen LogP contribution in [0.15, 0.2) is 11.4 Å². The van der Waals surface area contributed by atoms with Gasteiger partial charge in [-0.25, -0.2) is 4.98 Å². The van der Waals surface area contributed by atoms with Crippen molar-refractivity contribution in [1.82, 2.24) is 14.9 Å². The van der Waals surface area contributed by atoms with Crippen LogP contribution >= 0.6 is 11.3 Å². The third-order valence-electron chi connectivity index (χ3n) is 3.76. The number of aromatic nitrogens is 2. The normalized spacial score (nSPS) is 12.4. The maximum Gasteiger partial charge on any atom is 0.253 e. The van der Waals surface area contributed by atoms with E-state index < -0.39 is 0 Å². The van der Waals surface area contributed by atoms with Gasteiger partial charge in [0.1, 0.15) is 0 Å². The first-order chi connectivity index (χ1) is 9.93. The summed E-state index contributed by atoms with van der Waals surface area (Å²) in [6.07, 6.45) is 0. The molecule has 0 saturated carbocycles. The van der Waals surface area contributed by atoms with Crippen LogP contribution in [-0.2, 0) is 6.54 Å². The van der Waals surface area contributed by atoms with Gasteiger partial charge >= 0.3 is 0 Å². The summed E-state index contributed by atoms with van der Waals surface area (Å²) < 4.78 is 2.16. The second-order valence-corrected chi connectivity index (χ2v) is 6.36. The molecule has 0 radical (unpaired) electrons. The Kier molecular flexibility index (Phi) is 4.83. The SMILES string of the molecule is CCn1c(C)cc(C(=O)NCC(C)c2nc(C)cs2)c1C. The Labute approximate surface area is 130 Å². The van der Waals surface area contributed by atoms with Crippen LogP contribution < -0.4 is 5.32 Å². The van der Waals surface area contributed by atoms with Crippen LogP contribution in [-0.4, -0.2) is 22.0 Å². The summed E-state index contributed by atoms with van der Waals surface area (Å²) in [7, 11) is 0. The van der Waals surface area contributed by atoms with Gasteiger partial charge in [0.15, 0.2) is 0 Å². The lowest BCUT2D eigenvalue weighted by Crippen LogP contribution is -2.27. The minimum absolute atomic E-state index is 0.00271. The number of nitrogens with zero attached hydrogens (tertiary/aromatic N) is 2. The van der Waals surface area contributed by atoms with E-state index in [-0.39, 0.29) is 11.8 Å². The van der Waals surface area contributed by atoms with Crippen LogP contribution in [0.2, 0.25) is 0 Å². The van der Waals surface area contributed by atoms with Crippen molar-refractivity contribution in [3.05, 3.63) is 39.1 Å². The van der Waals surface area contributed by atoms with Crippen molar-refractivity contribution in [3.63, 3.8) is 0 Å². The number of hydrogen-bond donors (Lipinski definition) is 1. The molecule has 1 atom stereocenters. The standard InChI is InChI=1S/C16H23N3OS/c1-6-19-12(4)7-14(13(19)5)15(20)17-8-10(2)16-18-11(3)9-21-16/h7,9-10H,6,8H2,1-5H3,(H,17,20). The highest BCUT2D eigenvalue weighted by molar-refractivity contribution is 7.09. The molecular weight excluding hydrogens is 282 g/mol. The predicted octanol–water partition coefficient (Wildman–Crippen LogP) is 3.42. The first-order valence-electron chi connectivity index (χ1n) is 7.31. The number of amides is 1. The van der Waals surface area contributed by atoms with Crippen molar-refractivity contribution in [2.45, 2.75) is 47.1 Å². The summed E-state index contributed by atoms with van der Waals surface area (Å²) in [5.74, 6) is 0.241. The van der Waals surface area contributed by atoms with Crippen molar-refractivity contribution in [2.24, 2.45) is 0 Å². The maximum atomic E-state index is 12.3. The summed E-state index contributed by atoms with van der Waals surface area (Å²) in [4.78, 5) is 16.8. The fraction of sp³-hybridized carbons (Fsp3) is 0.500. The largest absolute Gasteiger partial charge is 0.351 e. The second kappa shape index (κ2) is 6.43. The highest BCUT2D eigenvalue weighted by atomic mass is 32.1. The second-order valence-electron chi connectivity index (χ2n) is 5.47. The summed E-state index contributed by atoms with van der Waals surface area (Å²) in [6, 6.07) is 1.96. The average Bonchev–Trinajstić information content (AvgIpc) is 3.00. The molecule has 5 heteroatoms. The summed E-state index contributed by atoms with van der Waals surface area (Å²) in [5.41, 5.74) is 3.98. The molecule has 0 aromatic carbocycles. The Balaban J connectivity index is 2.02. The number of thiazole rings is 1. The summed E-state index contributed by atoms with van der Waals surface area (Å²) in [5, 5.41) is 6.15. The van der Waals surface area contributed by atoms with E-state index in [1.165, 1.54) is 0 Å². The average molecular weight is 305 g/mol. The van der Waals surface area contributed by atoms with E-state index in [0.717, 1.165) is 34.2 Å². The van der Waals surface area contributed by atoms with Gasteiger partial charge in [0, 0.05) is 41.5 Å². The Bertz CT molecular complexity index is 642. The van der Waals surface area contributed by atoms with Crippen LogP contribution in [0.3, 0.4) is 0 Å². The fourth-order valence-electron chi connectivity index (χ4n) is 2.54. The Hall–Kier alpha value is -1.62. The highest BCUT2D eigenvalue weighted by Gasteiger charge is 2.16. The van der Waals surface area contributed by atoms with Crippen molar-refractivity contribution in [1.29, 1.82) is 0 Å². The van der Waals surface area contributed by atoms with E-state index in [2.05, 4.69) is 28.7 Å². The molecule has 0 aliphatic carbocycles. The van der Waals surface area contributed by atoms with E-state index in [9.17, 15) is 4.79 Å². The lowest BCUT2D eigenvalue weighted by Gasteiger charge is -2.10. The van der Waals surface area contributed by atoms with E-state index in [1.54, 1.807) is 11.3 Å². The minimum Gasteiger partial charge on any atom is -0.351 e. The van der Waals surface area contributed by atoms with Gasteiger partial charge in [-0.15, -0.1) is 11.3 Å². The number of carbonyl (C=O) groups is 1. The van der Waals surface area contributed by atoms with E-state index in [1.807, 2.05) is 32.2 Å². The maximum absolute atomic E-state index is 12.3. The Morgan fingerprint density at radius 3 is 2.67 bits per heavy atom. The van der Waals surface area contributed by atoms with Gasteiger partial charge in [0.05, 0.1) is 10.6 Å². The molecule has 2 aromatic heterocycles. The monoisotopic (exact) mass is 305 g/mol. The Morgan fingerprint density at radius 1 is 1.43 bits per heavy atom. The lowest BCUT2D eigenvalue weighted by molar-refractivity contribution is 0.0951. The zero-order valence-electron chi connectivity index (χ0n) is 13.4. The molecule has 2 aromatic rings. The van der Waals surface area contributed by atoms with Gasteiger partial charge in [-0.05, 0) is 33.8 Å². The van der Waals surface area contributed by atoms with Gasteiger partial charge in [0.25, 0.3) is 5.91 Å². The van der Waals surface area contributed by atoms with Gasteiger partial charge < -0.3 is 9.88 Å². The van der Waals surface area contributed by atoms with Gasteiger partial charge in [-0.1, -0.05) is 6.92 Å². The molecule has 0 fully saturated rings. The van der Waals surface area contributed by atoms with E-state index >= 15 is 0 Å². The molecule has 0 aliphatic rings. The van der Waals surface area contributed by atoms with Crippen molar-refractivity contribution < 1.29 is 4.79 Å². The first kappa shape index (κ1) is 15.8. The third kappa shape index (κ3) is 3.35. The summed E-state index contributed by atoms with van der Waals surface area (Å²) >= 11 is 1.65. The van der Waals surface area contributed by atoms with Crippen molar-refractivity contribution in [3.8, 4) is 0 Å². The van der Waals surface area contributed by atoms with Gasteiger partial charge in [0.2, 0.25) is 0 Å². The predicted molar refractivity (Wildman–Crippen MR) is 87.2 cm³/mol. The molecule has 1 N–H and O–H groups in total. The molecule has 2 rings (SSSR count). The van der Waals surface area contributed by atoms with Gasteiger partial charge in [-0.3, -0.25) is 4.79 Å². The number of hydrogen-bond acceptors (Lipinski definition) is 3. The van der Waals surface area contributed by atoms with Crippen LogP contribution in [0.25, 0.3) is 0 Å². The number of carbonyl (C=O) groups excluding carboxylic acids is 1. The molecule has 0 aliphatic heterocycles. The van der Waals surface area contributed by atoms with Crippen LogP contribution in [0.1, 0.15) is 52.2 Å².